The van der Waals surface area contributed by atoms with Crippen LogP contribution in [0.2, 0.25) is 0 Å². The van der Waals surface area contributed by atoms with E-state index in [0.29, 0.717) is 11.3 Å². The first-order chi connectivity index (χ1) is 9.45. The third kappa shape index (κ3) is 2.92. The minimum atomic E-state index is -3.66. The lowest BCUT2D eigenvalue weighted by molar-refractivity contribution is 0.278. The number of nitrogens with zero attached hydrogens (tertiary/aromatic N) is 1. The number of hydrogen-bond acceptors (Lipinski definition) is 4. The lowest BCUT2D eigenvalue weighted by atomic mass is 10.2. The Labute approximate surface area is 118 Å². The molecule has 5 nitrogen and oxygen atoms in total. The molecule has 1 aromatic heterocycles. The van der Waals surface area contributed by atoms with Crippen LogP contribution in [-0.4, -0.2) is 24.9 Å². The van der Waals surface area contributed by atoms with Crippen LogP contribution in [0, 0.1) is 6.92 Å². The van der Waals surface area contributed by atoms with E-state index in [2.05, 4.69) is 0 Å². The maximum absolute atomic E-state index is 12.5. The predicted octanol–water partition coefficient (Wildman–Crippen LogP) is 1.90. The Bertz CT molecular complexity index is 691. The molecule has 1 heterocycles. The zero-order valence-electron chi connectivity index (χ0n) is 11.4. The highest BCUT2D eigenvalue weighted by Crippen LogP contribution is 2.21. The van der Waals surface area contributed by atoms with Crippen molar-refractivity contribution in [3.8, 4) is 0 Å². The number of benzene rings is 1. The summed E-state index contributed by atoms with van der Waals surface area (Å²) in [7, 11) is -2.17. The summed E-state index contributed by atoms with van der Waals surface area (Å²) in [5.74, 6) is 1.32. The van der Waals surface area contributed by atoms with Crippen molar-refractivity contribution < 1.29 is 17.9 Å². The van der Waals surface area contributed by atoms with Crippen molar-refractivity contribution in [3.63, 3.8) is 0 Å². The van der Waals surface area contributed by atoms with Gasteiger partial charge in [-0.05, 0) is 30.7 Å². The van der Waals surface area contributed by atoms with Gasteiger partial charge in [0.1, 0.15) is 11.5 Å². The van der Waals surface area contributed by atoms with Gasteiger partial charge in [0.25, 0.3) is 0 Å². The third-order valence-corrected chi connectivity index (χ3v) is 4.91. The van der Waals surface area contributed by atoms with E-state index in [1.54, 1.807) is 37.3 Å². The van der Waals surface area contributed by atoms with E-state index in [1.807, 2.05) is 0 Å². The van der Waals surface area contributed by atoms with Gasteiger partial charge in [0.2, 0.25) is 10.0 Å². The van der Waals surface area contributed by atoms with E-state index in [0.717, 1.165) is 5.76 Å². The number of aryl methyl sites for hydroxylation is 1. The van der Waals surface area contributed by atoms with Crippen LogP contribution in [0.1, 0.15) is 17.1 Å². The van der Waals surface area contributed by atoms with Gasteiger partial charge < -0.3 is 9.52 Å². The molecule has 0 spiro atoms. The maximum atomic E-state index is 12.5. The molecule has 0 fully saturated rings. The molecule has 1 aromatic carbocycles. The summed E-state index contributed by atoms with van der Waals surface area (Å²) < 4.78 is 31.6. The fourth-order valence-corrected chi connectivity index (χ4v) is 3.28. The summed E-state index contributed by atoms with van der Waals surface area (Å²) in [6.45, 7) is 1.64. The van der Waals surface area contributed by atoms with E-state index >= 15 is 0 Å². The lowest BCUT2D eigenvalue weighted by Gasteiger charge is -2.17. The number of aliphatic hydroxyl groups excluding tert-OH is 1. The molecule has 108 valence electrons. The second kappa shape index (κ2) is 5.78. The van der Waals surface area contributed by atoms with Gasteiger partial charge in [0, 0.05) is 7.05 Å². The molecule has 0 unspecified atom stereocenters. The van der Waals surface area contributed by atoms with Crippen molar-refractivity contribution >= 4 is 10.0 Å². The molecule has 2 aromatic rings. The van der Waals surface area contributed by atoms with Crippen molar-refractivity contribution in [2.75, 3.05) is 7.05 Å². The Balaban J connectivity index is 2.29. The Morgan fingerprint density at radius 2 is 1.90 bits per heavy atom. The first-order valence-corrected chi connectivity index (χ1v) is 7.59. The Hall–Kier alpha value is -1.63. The molecule has 2 rings (SSSR count). The number of furan rings is 1. The lowest BCUT2D eigenvalue weighted by Crippen LogP contribution is -2.27. The normalized spacial score (nSPS) is 12.0. The van der Waals surface area contributed by atoms with Gasteiger partial charge in [-0.3, -0.25) is 0 Å². The molecular weight excluding hydrogens is 278 g/mol. The van der Waals surface area contributed by atoms with Crippen LogP contribution < -0.4 is 0 Å². The van der Waals surface area contributed by atoms with Crippen molar-refractivity contribution in [2.24, 2.45) is 0 Å². The highest BCUT2D eigenvalue weighted by atomic mass is 32.2. The minimum Gasteiger partial charge on any atom is -0.465 e. The van der Waals surface area contributed by atoms with Gasteiger partial charge in [-0.1, -0.05) is 18.2 Å². The average molecular weight is 295 g/mol. The first-order valence-electron chi connectivity index (χ1n) is 6.15. The van der Waals surface area contributed by atoms with Crippen LogP contribution in [0.4, 0.5) is 0 Å². The van der Waals surface area contributed by atoms with E-state index < -0.39 is 10.0 Å². The summed E-state index contributed by atoms with van der Waals surface area (Å²) >= 11 is 0. The van der Waals surface area contributed by atoms with E-state index in [9.17, 15) is 13.5 Å². The molecule has 1 N–H and O–H groups in total. The van der Waals surface area contributed by atoms with Crippen LogP contribution in [0.5, 0.6) is 0 Å². The molecule has 6 heteroatoms. The summed E-state index contributed by atoms with van der Waals surface area (Å²) in [4.78, 5) is 0.119. The molecule has 0 aliphatic carbocycles. The topological polar surface area (TPSA) is 70.8 Å². The Morgan fingerprint density at radius 1 is 1.20 bits per heavy atom. The summed E-state index contributed by atoms with van der Waals surface area (Å²) in [5, 5.41) is 9.26. The van der Waals surface area contributed by atoms with Crippen molar-refractivity contribution in [2.45, 2.75) is 25.0 Å². The Kier molecular flexibility index (Phi) is 4.27. The quantitative estimate of drug-likeness (QED) is 0.914. The van der Waals surface area contributed by atoms with Gasteiger partial charge in [-0.15, -0.1) is 0 Å². The molecule has 0 bridgehead atoms. The molecule has 0 aliphatic heterocycles. The second-order valence-corrected chi connectivity index (χ2v) is 6.55. The third-order valence-electron chi connectivity index (χ3n) is 3.01. The molecule has 0 radical (unpaired) electrons. The van der Waals surface area contributed by atoms with Crippen molar-refractivity contribution in [3.05, 3.63) is 53.5 Å². The predicted molar refractivity (Wildman–Crippen MR) is 74.5 cm³/mol. The second-order valence-electron chi connectivity index (χ2n) is 4.54. The first kappa shape index (κ1) is 14.8. The highest BCUT2D eigenvalue weighted by Gasteiger charge is 2.24. The van der Waals surface area contributed by atoms with Crippen LogP contribution >= 0.6 is 0 Å². The highest BCUT2D eigenvalue weighted by molar-refractivity contribution is 7.89. The number of sulfonamides is 1. The summed E-state index contributed by atoms with van der Waals surface area (Å²) in [5.41, 5.74) is 0.384. The molecule has 0 amide bonds. The molecule has 0 atom stereocenters. The average Bonchev–Trinajstić information content (AvgIpc) is 2.84. The molecule has 0 saturated heterocycles. The SMILES string of the molecule is Cc1ccc(CN(C)S(=O)(=O)c2ccccc2CO)o1. The van der Waals surface area contributed by atoms with Gasteiger partial charge in [0.05, 0.1) is 18.0 Å². The van der Waals surface area contributed by atoms with E-state index in [4.69, 9.17) is 4.42 Å². The number of aliphatic hydroxyl groups is 1. The number of rotatable bonds is 5. The van der Waals surface area contributed by atoms with Crippen LogP contribution in [0.15, 0.2) is 45.7 Å². The standard InChI is InChI=1S/C14H17NO4S/c1-11-7-8-13(19-11)9-15(2)20(17,18)14-6-4-3-5-12(14)10-16/h3-8,16H,9-10H2,1-2H3. The van der Waals surface area contributed by atoms with Crippen LogP contribution in [0.25, 0.3) is 0 Å². The maximum Gasteiger partial charge on any atom is 0.243 e. The van der Waals surface area contributed by atoms with Gasteiger partial charge in [-0.25, -0.2) is 8.42 Å². The fourth-order valence-electron chi connectivity index (χ4n) is 1.93. The monoisotopic (exact) mass is 295 g/mol. The van der Waals surface area contributed by atoms with Gasteiger partial charge >= 0.3 is 0 Å². The van der Waals surface area contributed by atoms with E-state index in [1.165, 1.54) is 17.4 Å². The largest absolute Gasteiger partial charge is 0.465 e. The summed E-state index contributed by atoms with van der Waals surface area (Å²) in [6, 6.07) is 9.96. The zero-order chi connectivity index (χ0) is 14.8. The molecular formula is C14H17NO4S. The van der Waals surface area contributed by atoms with Crippen molar-refractivity contribution in [1.82, 2.24) is 4.31 Å². The smallest absolute Gasteiger partial charge is 0.243 e. The van der Waals surface area contributed by atoms with Gasteiger partial charge in [-0.2, -0.15) is 4.31 Å². The zero-order valence-corrected chi connectivity index (χ0v) is 12.2. The van der Waals surface area contributed by atoms with E-state index in [-0.39, 0.29) is 18.0 Å². The Morgan fingerprint density at radius 3 is 2.50 bits per heavy atom. The summed E-state index contributed by atoms with van der Waals surface area (Å²) in [6.07, 6.45) is 0. The molecule has 20 heavy (non-hydrogen) atoms. The number of hydrogen-bond donors (Lipinski definition) is 1. The van der Waals surface area contributed by atoms with Crippen LogP contribution in [-0.2, 0) is 23.2 Å². The molecule has 0 aliphatic rings. The minimum absolute atomic E-state index is 0.119. The fraction of sp³-hybridized carbons (Fsp3) is 0.286. The van der Waals surface area contributed by atoms with Crippen molar-refractivity contribution in [1.29, 1.82) is 0 Å². The van der Waals surface area contributed by atoms with Crippen LogP contribution in [0.3, 0.4) is 0 Å². The van der Waals surface area contributed by atoms with Gasteiger partial charge in [0.15, 0.2) is 0 Å². The molecule has 0 saturated carbocycles.